The number of methoxy groups -OCH3 is 1. The molecule has 6 nitrogen and oxygen atoms in total. The van der Waals surface area contributed by atoms with Crippen molar-refractivity contribution in [1.82, 2.24) is 5.32 Å². The summed E-state index contributed by atoms with van der Waals surface area (Å²) in [4.78, 5) is 22.2. The Morgan fingerprint density at radius 1 is 1.47 bits per heavy atom. The van der Waals surface area contributed by atoms with Crippen molar-refractivity contribution >= 4 is 29.2 Å². The van der Waals surface area contributed by atoms with Gasteiger partial charge in [0.25, 0.3) is 0 Å². The highest BCUT2D eigenvalue weighted by molar-refractivity contribution is 6.31. The Morgan fingerprint density at radius 3 is 2.74 bits per heavy atom. The van der Waals surface area contributed by atoms with E-state index in [0.29, 0.717) is 16.5 Å². The number of rotatable bonds is 6. The van der Waals surface area contributed by atoms with Crippen molar-refractivity contribution in [3.05, 3.63) is 23.2 Å². The number of hydrogen-bond donors (Lipinski definition) is 3. The van der Waals surface area contributed by atoms with Gasteiger partial charge >= 0.3 is 5.97 Å². The number of aliphatic carboxylic acids is 1. The number of hydrogen-bond acceptors (Lipinski definition) is 4. The van der Waals surface area contributed by atoms with Crippen LogP contribution in [-0.2, 0) is 9.59 Å². The molecule has 1 rings (SSSR count). The highest BCUT2D eigenvalue weighted by atomic mass is 35.5. The van der Waals surface area contributed by atoms with Crippen LogP contribution in [0.2, 0.25) is 5.02 Å². The average Bonchev–Trinajstić information content (AvgIpc) is 2.36. The number of benzene rings is 1. The zero-order chi connectivity index (χ0) is 14.4. The number of carbonyl (C=O) groups is 2. The van der Waals surface area contributed by atoms with Crippen LogP contribution in [0.4, 0.5) is 5.69 Å². The molecule has 0 aromatic heterocycles. The van der Waals surface area contributed by atoms with Gasteiger partial charge in [-0.2, -0.15) is 0 Å². The van der Waals surface area contributed by atoms with Gasteiger partial charge in [0.15, 0.2) is 0 Å². The molecule has 1 aromatic carbocycles. The minimum atomic E-state index is -1.02. The molecule has 0 radical (unpaired) electrons. The van der Waals surface area contributed by atoms with Crippen LogP contribution < -0.4 is 15.4 Å². The first-order chi connectivity index (χ1) is 8.93. The lowest BCUT2D eigenvalue weighted by Gasteiger charge is -2.12. The molecule has 3 N–H and O–H groups in total. The molecule has 1 amide bonds. The Morgan fingerprint density at radius 2 is 2.16 bits per heavy atom. The zero-order valence-electron chi connectivity index (χ0n) is 10.6. The number of nitrogens with one attached hydrogen (secondary N) is 2. The second-order valence-electron chi connectivity index (χ2n) is 3.83. The van der Waals surface area contributed by atoms with Gasteiger partial charge in [0.05, 0.1) is 19.3 Å². The normalized spacial score (nSPS) is 11.7. The molecule has 0 aliphatic heterocycles. The van der Waals surface area contributed by atoms with Gasteiger partial charge in [-0.1, -0.05) is 11.6 Å². The van der Waals surface area contributed by atoms with Crippen LogP contribution in [0.25, 0.3) is 0 Å². The Hall–Kier alpha value is -1.79. The quantitative estimate of drug-likeness (QED) is 0.735. The standard InChI is InChI=1S/C12H15ClN2O4/c1-7(12(17)18)14-6-11(16)15-9-5-8(13)3-4-10(9)19-2/h3-5,7,14H,6H2,1-2H3,(H,15,16)(H,17,18)/t7-/m1/s1. The Balaban J connectivity index is 2.62. The lowest BCUT2D eigenvalue weighted by atomic mass is 10.3. The molecule has 1 aromatic rings. The lowest BCUT2D eigenvalue weighted by Crippen LogP contribution is -2.39. The molecule has 0 aliphatic rings. The number of carbonyl (C=O) groups excluding carboxylic acids is 1. The third kappa shape index (κ3) is 4.76. The molecule has 0 heterocycles. The molecule has 0 saturated carbocycles. The van der Waals surface area contributed by atoms with E-state index >= 15 is 0 Å². The van der Waals surface area contributed by atoms with E-state index in [-0.39, 0.29) is 12.5 Å². The maximum atomic E-state index is 11.7. The van der Waals surface area contributed by atoms with Gasteiger partial charge in [0.1, 0.15) is 11.8 Å². The smallest absolute Gasteiger partial charge is 0.320 e. The SMILES string of the molecule is COc1ccc(Cl)cc1NC(=O)CN[C@H](C)C(=O)O. The van der Waals surface area contributed by atoms with Gasteiger partial charge in [-0.25, -0.2) is 0 Å². The third-order valence-electron chi connectivity index (χ3n) is 2.37. The minimum Gasteiger partial charge on any atom is -0.495 e. The molecule has 19 heavy (non-hydrogen) atoms. The van der Waals surface area contributed by atoms with Gasteiger partial charge in [-0.3, -0.25) is 14.9 Å². The lowest BCUT2D eigenvalue weighted by molar-refractivity contribution is -0.139. The highest BCUT2D eigenvalue weighted by Gasteiger charge is 2.13. The molecule has 0 aliphatic carbocycles. The Kier molecular flexibility index (Phi) is 5.59. The first kappa shape index (κ1) is 15.3. The second kappa shape index (κ2) is 6.96. The van der Waals surface area contributed by atoms with Crippen molar-refractivity contribution in [2.24, 2.45) is 0 Å². The summed E-state index contributed by atoms with van der Waals surface area (Å²) < 4.78 is 5.08. The van der Waals surface area contributed by atoms with E-state index in [9.17, 15) is 9.59 Å². The Labute approximate surface area is 115 Å². The summed E-state index contributed by atoms with van der Waals surface area (Å²) >= 11 is 5.83. The van der Waals surface area contributed by atoms with Crippen LogP contribution in [0, 0.1) is 0 Å². The highest BCUT2D eigenvalue weighted by Crippen LogP contribution is 2.27. The van der Waals surface area contributed by atoms with Crippen molar-refractivity contribution in [3.63, 3.8) is 0 Å². The second-order valence-corrected chi connectivity index (χ2v) is 4.27. The fourth-order valence-corrected chi connectivity index (χ4v) is 1.48. The van der Waals surface area contributed by atoms with Crippen LogP contribution in [0.1, 0.15) is 6.92 Å². The third-order valence-corrected chi connectivity index (χ3v) is 2.61. The van der Waals surface area contributed by atoms with E-state index < -0.39 is 12.0 Å². The van der Waals surface area contributed by atoms with Crippen LogP contribution in [0.3, 0.4) is 0 Å². The Bertz CT molecular complexity index is 479. The molecule has 0 bridgehead atoms. The van der Waals surface area contributed by atoms with Crippen LogP contribution in [0.15, 0.2) is 18.2 Å². The minimum absolute atomic E-state index is 0.122. The van der Waals surface area contributed by atoms with Gasteiger partial charge in [-0.15, -0.1) is 0 Å². The molecular weight excluding hydrogens is 272 g/mol. The van der Waals surface area contributed by atoms with Crippen LogP contribution >= 0.6 is 11.6 Å². The number of amides is 1. The van der Waals surface area contributed by atoms with E-state index in [1.54, 1.807) is 18.2 Å². The number of carboxylic acid groups (broad SMARTS) is 1. The van der Waals surface area contributed by atoms with Crippen molar-refractivity contribution in [2.75, 3.05) is 19.0 Å². The maximum absolute atomic E-state index is 11.7. The summed E-state index contributed by atoms with van der Waals surface area (Å²) in [5.74, 6) is -0.925. The van der Waals surface area contributed by atoms with Crippen molar-refractivity contribution in [1.29, 1.82) is 0 Å². The van der Waals surface area contributed by atoms with Gasteiger partial charge in [0.2, 0.25) is 5.91 Å². The molecule has 0 spiro atoms. The van der Waals surface area contributed by atoms with Crippen molar-refractivity contribution < 1.29 is 19.4 Å². The number of carboxylic acids is 1. The molecular formula is C12H15ClN2O4. The van der Waals surface area contributed by atoms with Gasteiger partial charge < -0.3 is 15.2 Å². The number of anilines is 1. The van der Waals surface area contributed by atoms with Crippen molar-refractivity contribution in [3.8, 4) is 5.75 Å². The fraction of sp³-hybridized carbons (Fsp3) is 0.333. The first-order valence-electron chi connectivity index (χ1n) is 5.53. The van der Waals surface area contributed by atoms with Gasteiger partial charge in [-0.05, 0) is 25.1 Å². The summed E-state index contributed by atoms with van der Waals surface area (Å²) in [5.41, 5.74) is 0.435. The molecule has 104 valence electrons. The fourth-order valence-electron chi connectivity index (χ4n) is 1.31. The van der Waals surface area contributed by atoms with E-state index in [0.717, 1.165) is 0 Å². The number of ether oxygens (including phenoxy) is 1. The summed E-state index contributed by atoms with van der Waals surface area (Å²) in [6.07, 6.45) is 0. The average molecular weight is 287 g/mol. The predicted octanol–water partition coefficient (Wildman–Crippen LogP) is 1.35. The summed E-state index contributed by atoms with van der Waals surface area (Å²) in [5, 5.41) is 14.3. The summed E-state index contributed by atoms with van der Waals surface area (Å²) in [7, 11) is 1.48. The van der Waals surface area contributed by atoms with Crippen molar-refractivity contribution in [2.45, 2.75) is 13.0 Å². The molecule has 0 fully saturated rings. The molecule has 7 heteroatoms. The van der Waals surface area contributed by atoms with Gasteiger partial charge in [0, 0.05) is 5.02 Å². The van der Waals surface area contributed by atoms with Crippen LogP contribution in [0.5, 0.6) is 5.75 Å². The largest absolute Gasteiger partial charge is 0.495 e. The number of halogens is 1. The molecule has 1 atom stereocenters. The first-order valence-corrected chi connectivity index (χ1v) is 5.91. The van der Waals surface area contributed by atoms with E-state index in [1.807, 2.05) is 0 Å². The monoisotopic (exact) mass is 286 g/mol. The molecule has 0 saturated heterocycles. The van der Waals surface area contributed by atoms with Crippen LogP contribution in [-0.4, -0.2) is 36.7 Å². The molecule has 0 unspecified atom stereocenters. The van der Waals surface area contributed by atoms with E-state index in [4.69, 9.17) is 21.4 Å². The summed E-state index contributed by atoms with van der Waals surface area (Å²) in [6.45, 7) is 1.33. The van der Waals surface area contributed by atoms with E-state index in [1.165, 1.54) is 14.0 Å². The van der Waals surface area contributed by atoms with E-state index in [2.05, 4.69) is 10.6 Å². The predicted molar refractivity (Wildman–Crippen MR) is 71.7 cm³/mol. The topological polar surface area (TPSA) is 87.7 Å². The summed E-state index contributed by atoms with van der Waals surface area (Å²) in [6, 6.07) is 4.03. The maximum Gasteiger partial charge on any atom is 0.320 e. The zero-order valence-corrected chi connectivity index (χ0v) is 11.3.